The Morgan fingerprint density at radius 1 is 1.43 bits per heavy atom. The molecule has 14 heavy (non-hydrogen) atoms. The molecule has 84 valence electrons. The normalized spacial score (nSPS) is 21.4. The number of aliphatic hydroxyl groups is 1. The zero-order valence-corrected chi connectivity index (χ0v) is 9.28. The monoisotopic (exact) mass is 202 g/mol. The van der Waals surface area contributed by atoms with Crippen molar-refractivity contribution in [3.05, 3.63) is 0 Å². The van der Waals surface area contributed by atoms with Crippen LogP contribution in [-0.2, 0) is 4.74 Å². The lowest BCUT2D eigenvalue weighted by Gasteiger charge is -2.30. The minimum absolute atomic E-state index is 0.236. The van der Waals surface area contributed by atoms with Crippen molar-refractivity contribution in [1.82, 2.24) is 9.80 Å². The van der Waals surface area contributed by atoms with E-state index in [1.807, 2.05) is 6.92 Å². The average molecular weight is 202 g/mol. The molecule has 0 spiro atoms. The van der Waals surface area contributed by atoms with Crippen molar-refractivity contribution < 1.29 is 9.84 Å². The van der Waals surface area contributed by atoms with Crippen molar-refractivity contribution in [2.75, 3.05) is 53.0 Å². The van der Waals surface area contributed by atoms with Crippen LogP contribution in [0.2, 0.25) is 0 Å². The summed E-state index contributed by atoms with van der Waals surface area (Å²) in [7, 11) is 2.06. The first-order valence-electron chi connectivity index (χ1n) is 5.35. The van der Waals surface area contributed by atoms with Crippen LogP contribution in [0.4, 0.5) is 0 Å². The molecular formula is C10H22N2O2. The van der Waals surface area contributed by atoms with Gasteiger partial charge in [-0.2, -0.15) is 0 Å². The molecule has 1 rings (SSSR count). The molecule has 0 saturated carbocycles. The summed E-state index contributed by atoms with van der Waals surface area (Å²) in [6.45, 7) is 8.17. The Labute approximate surface area is 86.4 Å². The summed E-state index contributed by atoms with van der Waals surface area (Å²) in [6.07, 6.45) is 0. The quantitative estimate of drug-likeness (QED) is 0.660. The fourth-order valence-electron chi connectivity index (χ4n) is 1.48. The number of hydrogen-bond donors (Lipinski definition) is 1. The molecule has 1 aliphatic heterocycles. The summed E-state index contributed by atoms with van der Waals surface area (Å²) in [5, 5.41) is 8.97. The molecule has 0 aromatic heterocycles. The number of aliphatic hydroxyl groups excluding tert-OH is 1. The Kier molecular flexibility index (Phi) is 5.40. The van der Waals surface area contributed by atoms with E-state index in [4.69, 9.17) is 9.84 Å². The van der Waals surface area contributed by atoms with Gasteiger partial charge in [0.25, 0.3) is 0 Å². The van der Waals surface area contributed by atoms with Gasteiger partial charge in [-0.25, -0.2) is 0 Å². The molecule has 1 N–H and O–H groups in total. The predicted octanol–water partition coefficient (Wildman–Crippen LogP) is -0.369. The summed E-state index contributed by atoms with van der Waals surface area (Å²) in [5.41, 5.74) is 0. The number of nitrogens with zero attached hydrogens (tertiary/aromatic N) is 2. The van der Waals surface area contributed by atoms with E-state index >= 15 is 0 Å². The summed E-state index contributed by atoms with van der Waals surface area (Å²) in [6, 6.07) is 0.260. The van der Waals surface area contributed by atoms with Gasteiger partial charge in [0.05, 0.1) is 19.8 Å². The maximum Gasteiger partial charge on any atom is 0.0594 e. The molecule has 0 bridgehead atoms. The zero-order valence-electron chi connectivity index (χ0n) is 9.28. The second-order valence-electron chi connectivity index (χ2n) is 3.97. The van der Waals surface area contributed by atoms with Gasteiger partial charge in [0, 0.05) is 32.2 Å². The summed E-state index contributed by atoms with van der Waals surface area (Å²) < 4.78 is 5.28. The highest BCUT2D eigenvalue weighted by Crippen LogP contribution is 1.99. The average Bonchev–Trinajstić information content (AvgIpc) is 2.26. The van der Waals surface area contributed by atoms with Gasteiger partial charge in [-0.1, -0.05) is 0 Å². The molecule has 1 saturated heterocycles. The van der Waals surface area contributed by atoms with Gasteiger partial charge < -0.3 is 14.7 Å². The van der Waals surface area contributed by atoms with Crippen LogP contribution in [0.1, 0.15) is 6.92 Å². The number of ether oxygens (including phenoxy) is 1. The Morgan fingerprint density at radius 3 is 2.64 bits per heavy atom. The molecule has 0 radical (unpaired) electrons. The van der Waals surface area contributed by atoms with Crippen molar-refractivity contribution in [3.63, 3.8) is 0 Å². The van der Waals surface area contributed by atoms with Crippen molar-refractivity contribution in [2.24, 2.45) is 0 Å². The fraction of sp³-hybridized carbons (Fsp3) is 1.00. The highest BCUT2D eigenvalue weighted by molar-refractivity contribution is 4.67. The van der Waals surface area contributed by atoms with Crippen LogP contribution < -0.4 is 0 Å². The van der Waals surface area contributed by atoms with Crippen LogP contribution in [0.5, 0.6) is 0 Å². The van der Waals surface area contributed by atoms with Gasteiger partial charge >= 0.3 is 0 Å². The minimum Gasteiger partial charge on any atom is -0.395 e. The van der Waals surface area contributed by atoms with Crippen LogP contribution in [0.25, 0.3) is 0 Å². The Morgan fingerprint density at radius 2 is 2.07 bits per heavy atom. The first-order valence-corrected chi connectivity index (χ1v) is 5.35. The second kappa shape index (κ2) is 6.35. The Hall–Kier alpha value is -0.160. The van der Waals surface area contributed by atoms with Crippen molar-refractivity contribution in [2.45, 2.75) is 13.0 Å². The number of likely N-dealkylation sites (N-methyl/N-ethyl adjacent to an activating group) is 1. The highest BCUT2D eigenvalue weighted by Gasteiger charge is 2.12. The maximum absolute atomic E-state index is 8.97. The molecule has 1 atom stereocenters. The van der Waals surface area contributed by atoms with E-state index in [1.54, 1.807) is 0 Å². The van der Waals surface area contributed by atoms with E-state index in [0.717, 1.165) is 39.4 Å². The van der Waals surface area contributed by atoms with E-state index in [-0.39, 0.29) is 12.6 Å². The first kappa shape index (κ1) is 11.9. The fourth-order valence-corrected chi connectivity index (χ4v) is 1.48. The van der Waals surface area contributed by atoms with E-state index in [1.165, 1.54) is 0 Å². The smallest absolute Gasteiger partial charge is 0.0594 e. The molecule has 1 unspecified atom stereocenters. The standard InChI is InChI=1S/C10H22N2O2/c1-10(9-13)11(2)3-4-12-5-7-14-8-6-12/h10,13H,3-9H2,1-2H3. The predicted molar refractivity (Wildman–Crippen MR) is 56.4 cm³/mol. The van der Waals surface area contributed by atoms with Gasteiger partial charge in [0.1, 0.15) is 0 Å². The van der Waals surface area contributed by atoms with Crippen LogP contribution >= 0.6 is 0 Å². The van der Waals surface area contributed by atoms with Crippen LogP contribution in [-0.4, -0.2) is 74.0 Å². The van der Waals surface area contributed by atoms with Crippen LogP contribution in [0.15, 0.2) is 0 Å². The summed E-state index contributed by atoms with van der Waals surface area (Å²) in [5.74, 6) is 0. The SMILES string of the molecule is CC(CO)N(C)CCN1CCOCC1. The van der Waals surface area contributed by atoms with Crippen LogP contribution in [0.3, 0.4) is 0 Å². The third-order valence-corrected chi connectivity index (χ3v) is 2.89. The van der Waals surface area contributed by atoms with Gasteiger partial charge in [-0.05, 0) is 14.0 Å². The highest BCUT2D eigenvalue weighted by atomic mass is 16.5. The van der Waals surface area contributed by atoms with Gasteiger partial charge in [-0.15, -0.1) is 0 Å². The lowest BCUT2D eigenvalue weighted by molar-refractivity contribution is 0.0314. The lowest BCUT2D eigenvalue weighted by atomic mass is 10.3. The maximum atomic E-state index is 8.97. The van der Waals surface area contributed by atoms with E-state index < -0.39 is 0 Å². The largest absolute Gasteiger partial charge is 0.395 e. The molecule has 1 fully saturated rings. The van der Waals surface area contributed by atoms with Gasteiger partial charge in [0.15, 0.2) is 0 Å². The molecule has 0 aliphatic carbocycles. The Balaban J connectivity index is 2.12. The lowest BCUT2D eigenvalue weighted by Crippen LogP contribution is -2.43. The van der Waals surface area contributed by atoms with Crippen LogP contribution in [0, 0.1) is 0 Å². The molecule has 0 aromatic carbocycles. The zero-order chi connectivity index (χ0) is 10.4. The van der Waals surface area contributed by atoms with Gasteiger partial charge in [0.2, 0.25) is 0 Å². The summed E-state index contributed by atoms with van der Waals surface area (Å²) in [4.78, 5) is 4.60. The topological polar surface area (TPSA) is 35.9 Å². The van der Waals surface area contributed by atoms with E-state index in [2.05, 4.69) is 16.8 Å². The minimum atomic E-state index is 0.236. The summed E-state index contributed by atoms with van der Waals surface area (Å²) >= 11 is 0. The van der Waals surface area contributed by atoms with Crippen molar-refractivity contribution >= 4 is 0 Å². The van der Waals surface area contributed by atoms with E-state index in [0.29, 0.717) is 0 Å². The van der Waals surface area contributed by atoms with Crippen molar-refractivity contribution in [3.8, 4) is 0 Å². The number of rotatable bonds is 5. The van der Waals surface area contributed by atoms with Crippen molar-refractivity contribution in [1.29, 1.82) is 0 Å². The second-order valence-corrected chi connectivity index (χ2v) is 3.97. The molecule has 1 heterocycles. The molecule has 4 nitrogen and oxygen atoms in total. The van der Waals surface area contributed by atoms with E-state index in [9.17, 15) is 0 Å². The molecule has 1 aliphatic rings. The number of morpholine rings is 1. The third-order valence-electron chi connectivity index (χ3n) is 2.89. The third kappa shape index (κ3) is 3.92. The first-order chi connectivity index (χ1) is 6.74. The molecular weight excluding hydrogens is 180 g/mol. The Bertz CT molecular complexity index is 147. The molecule has 4 heteroatoms. The molecule has 0 amide bonds. The van der Waals surface area contributed by atoms with Gasteiger partial charge in [-0.3, -0.25) is 4.90 Å². The molecule has 0 aromatic rings. The number of hydrogen-bond acceptors (Lipinski definition) is 4.